The van der Waals surface area contributed by atoms with Gasteiger partial charge in [0.2, 0.25) is 11.8 Å². The maximum absolute atomic E-state index is 13.1. The molecule has 1 N–H and O–H groups in total. The zero-order valence-corrected chi connectivity index (χ0v) is 19.7. The third-order valence-corrected chi connectivity index (χ3v) is 6.92. The zero-order valence-electron chi connectivity index (χ0n) is 19.7. The van der Waals surface area contributed by atoms with Gasteiger partial charge in [-0.2, -0.15) is 0 Å². The molecule has 4 rings (SSSR count). The number of piperazine rings is 1. The van der Waals surface area contributed by atoms with E-state index in [2.05, 4.69) is 27.2 Å². The van der Waals surface area contributed by atoms with Gasteiger partial charge in [-0.25, -0.2) is 0 Å². The number of hydrogen-bond donors (Lipinski definition) is 1. The minimum absolute atomic E-state index is 0.00692. The lowest BCUT2D eigenvalue weighted by atomic mass is 10.0. The molecule has 176 valence electrons. The minimum Gasteiger partial charge on any atom is -0.342 e. The van der Waals surface area contributed by atoms with Crippen LogP contribution in [0.2, 0.25) is 0 Å². The molecule has 0 aromatic heterocycles. The fourth-order valence-electron chi connectivity index (χ4n) is 4.78. The molecule has 2 aromatic carbocycles. The Morgan fingerprint density at radius 3 is 2.15 bits per heavy atom. The second kappa shape index (κ2) is 11.4. The summed E-state index contributed by atoms with van der Waals surface area (Å²) in [4.78, 5) is 32.3. The molecule has 2 heterocycles. The van der Waals surface area contributed by atoms with Gasteiger partial charge in [-0.15, -0.1) is 0 Å². The highest BCUT2D eigenvalue weighted by molar-refractivity contribution is 5.98. The number of para-hydroxylation sites is 1. The van der Waals surface area contributed by atoms with Gasteiger partial charge in [0.15, 0.2) is 0 Å². The number of anilines is 1. The lowest BCUT2D eigenvalue weighted by Gasteiger charge is -2.37. The molecular weight excluding hydrogens is 412 g/mol. The first-order chi connectivity index (χ1) is 16.1. The van der Waals surface area contributed by atoms with Crippen LogP contribution in [0.3, 0.4) is 0 Å². The summed E-state index contributed by atoms with van der Waals surface area (Å²) in [6, 6.07) is 17.8. The van der Waals surface area contributed by atoms with Crippen LogP contribution in [0.1, 0.15) is 32.6 Å². The number of nitrogens with one attached hydrogen (secondary N) is 1. The Hall–Kier alpha value is -2.70. The predicted molar refractivity (Wildman–Crippen MR) is 133 cm³/mol. The lowest BCUT2D eigenvalue weighted by molar-refractivity contribution is -0.133. The Kier molecular flexibility index (Phi) is 8.13. The molecule has 0 aliphatic carbocycles. The molecule has 1 atom stereocenters. The number of nitrogens with zero attached hydrogens (tertiary/aromatic N) is 3. The summed E-state index contributed by atoms with van der Waals surface area (Å²) in [6.07, 6.45) is 4.72. The standard InChI is InChI=1S/C27H36N4O2/c1-22(27(33)28-25-14-8-7-13-24(25)23-11-5-4-6-12-23)30-19-17-29(18-20-30)21-26(32)31-15-9-2-3-10-16-31/h4-8,11-14,22H,2-3,9-10,15-21H2,1H3,(H,28,33). The van der Waals surface area contributed by atoms with E-state index in [4.69, 9.17) is 0 Å². The second-order valence-corrected chi connectivity index (χ2v) is 9.18. The first-order valence-corrected chi connectivity index (χ1v) is 12.3. The van der Waals surface area contributed by atoms with E-state index in [0.717, 1.165) is 68.9 Å². The Morgan fingerprint density at radius 1 is 0.818 bits per heavy atom. The predicted octanol–water partition coefficient (Wildman–Crippen LogP) is 3.70. The van der Waals surface area contributed by atoms with E-state index in [1.165, 1.54) is 12.8 Å². The van der Waals surface area contributed by atoms with Crippen LogP contribution in [0, 0.1) is 0 Å². The number of benzene rings is 2. The molecule has 33 heavy (non-hydrogen) atoms. The van der Waals surface area contributed by atoms with Crippen molar-refractivity contribution in [2.24, 2.45) is 0 Å². The van der Waals surface area contributed by atoms with Crippen molar-refractivity contribution < 1.29 is 9.59 Å². The summed E-state index contributed by atoms with van der Waals surface area (Å²) >= 11 is 0. The average molecular weight is 449 g/mol. The molecule has 1 unspecified atom stereocenters. The van der Waals surface area contributed by atoms with Gasteiger partial charge in [0.1, 0.15) is 0 Å². The third kappa shape index (κ3) is 6.21. The van der Waals surface area contributed by atoms with Crippen molar-refractivity contribution in [3.8, 4) is 11.1 Å². The SMILES string of the molecule is CC(C(=O)Nc1ccccc1-c1ccccc1)N1CCN(CC(=O)N2CCCCCC2)CC1. The van der Waals surface area contributed by atoms with Gasteiger partial charge >= 0.3 is 0 Å². The summed E-state index contributed by atoms with van der Waals surface area (Å²) in [6.45, 7) is 7.50. The van der Waals surface area contributed by atoms with Gasteiger partial charge in [-0.3, -0.25) is 19.4 Å². The van der Waals surface area contributed by atoms with Crippen molar-refractivity contribution in [3.63, 3.8) is 0 Å². The molecule has 2 aliphatic heterocycles. The number of hydrogen-bond acceptors (Lipinski definition) is 4. The summed E-state index contributed by atoms with van der Waals surface area (Å²) < 4.78 is 0. The van der Waals surface area contributed by atoms with Gasteiger partial charge in [-0.1, -0.05) is 61.4 Å². The largest absolute Gasteiger partial charge is 0.342 e. The molecule has 6 heteroatoms. The van der Waals surface area contributed by atoms with Crippen molar-refractivity contribution >= 4 is 17.5 Å². The van der Waals surface area contributed by atoms with Gasteiger partial charge in [0.05, 0.1) is 12.6 Å². The minimum atomic E-state index is -0.225. The first kappa shape index (κ1) is 23.5. The van der Waals surface area contributed by atoms with Crippen molar-refractivity contribution in [1.29, 1.82) is 0 Å². The normalized spacial score (nSPS) is 19.0. The van der Waals surface area contributed by atoms with Crippen LogP contribution in [-0.2, 0) is 9.59 Å². The van der Waals surface area contributed by atoms with E-state index in [9.17, 15) is 9.59 Å². The Bertz CT molecular complexity index is 917. The lowest BCUT2D eigenvalue weighted by Crippen LogP contribution is -2.54. The van der Waals surface area contributed by atoms with Crippen LogP contribution in [-0.4, -0.2) is 78.4 Å². The second-order valence-electron chi connectivity index (χ2n) is 9.18. The van der Waals surface area contributed by atoms with Crippen LogP contribution in [0.15, 0.2) is 54.6 Å². The molecule has 0 spiro atoms. The van der Waals surface area contributed by atoms with E-state index in [-0.39, 0.29) is 17.9 Å². The van der Waals surface area contributed by atoms with Crippen LogP contribution < -0.4 is 5.32 Å². The smallest absolute Gasteiger partial charge is 0.241 e. The van der Waals surface area contributed by atoms with E-state index < -0.39 is 0 Å². The van der Waals surface area contributed by atoms with Gasteiger partial charge < -0.3 is 10.2 Å². The number of carbonyl (C=O) groups excluding carboxylic acids is 2. The highest BCUT2D eigenvalue weighted by Crippen LogP contribution is 2.27. The quantitative estimate of drug-likeness (QED) is 0.732. The zero-order chi connectivity index (χ0) is 23.0. The Morgan fingerprint density at radius 2 is 1.45 bits per heavy atom. The molecule has 0 bridgehead atoms. The number of likely N-dealkylation sites (tertiary alicyclic amines) is 1. The molecule has 2 saturated heterocycles. The van der Waals surface area contributed by atoms with Crippen LogP contribution in [0.4, 0.5) is 5.69 Å². The molecule has 2 aliphatic rings. The van der Waals surface area contributed by atoms with E-state index in [1.54, 1.807) is 0 Å². The van der Waals surface area contributed by atoms with Gasteiger partial charge in [-0.05, 0) is 31.4 Å². The number of carbonyl (C=O) groups is 2. The summed E-state index contributed by atoms with van der Waals surface area (Å²) in [5.74, 6) is 0.265. The Balaban J connectivity index is 1.29. The van der Waals surface area contributed by atoms with E-state index >= 15 is 0 Å². The summed E-state index contributed by atoms with van der Waals surface area (Å²) in [7, 11) is 0. The van der Waals surface area contributed by atoms with Crippen LogP contribution in [0.5, 0.6) is 0 Å². The Labute approximate surface area is 197 Å². The molecule has 0 saturated carbocycles. The average Bonchev–Trinajstić information content (AvgIpc) is 3.15. The molecule has 2 aromatic rings. The molecule has 6 nitrogen and oxygen atoms in total. The maximum atomic E-state index is 13.1. The maximum Gasteiger partial charge on any atom is 0.241 e. The highest BCUT2D eigenvalue weighted by atomic mass is 16.2. The monoisotopic (exact) mass is 448 g/mol. The number of rotatable bonds is 6. The molecule has 2 fully saturated rings. The third-order valence-electron chi connectivity index (χ3n) is 6.92. The highest BCUT2D eigenvalue weighted by Gasteiger charge is 2.27. The van der Waals surface area contributed by atoms with Gasteiger partial charge in [0.25, 0.3) is 0 Å². The number of amides is 2. The topological polar surface area (TPSA) is 55.9 Å². The fourth-order valence-corrected chi connectivity index (χ4v) is 4.78. The summed E-state index contributed by atoms with van der Waals surface area (Å²) in [5, 5.41) is 3.14. The van der Waals surface area contributed by atoms with Crippen LogP contribution in [0.25, 0.3) is 11.1 Å². The first-order valence-electron chi connectivity index (χ1n) is 12.3. The molecule has 2 amide bonds. The van der Waals surface area contributed by atoms with Crippen molar-refractivity contribution in [2.45, 2.75) is 38.6 Å². The fraction of sp³-hybridized carbons (Fsp3) is 0.481. The van der Waals surface area contributed by atoms with Crippen molar-refractivity contribution in [2.75, 3.05) is 51.1 Å². The van der Waals surface area contributed by atoms with Crippen molar-refractivity contribution in [1.82, 2.24) is 14.7 Å². The van der Waals surface area contributed by atoms with E-state index in [0.29, 0.717) is 6.54 Å². The van der Waals surface area contributed by atoms with Crippen molar-refractivity contribution in [3.05, 3.63) is 54.6 Å². The molecule has 0 radical (unpaired) electrons. The molecular formula is C27H36N4O2. The van der Waals surface area contributed by atoms with Gasteiger partial charge in [0, 0.05) is 50.5 Å². The van der Waals surface area contributed by atoms with Crippen LogP contribution >= 0.6 is 0 Å². The van der Waals surface area contributed by atoms with E-state index in [1.807, 2.05) is 54.3 Å². The summed E-state index contributed by atoms with van der Waals surface area (Å²) in [5.41, 5.74) is 2.95.